The molecule has 0 radical (unpaired) electrons. The third kappa shape index (κ3) is 11.5. The van der Waals surface area contributed by atoms with Crippen molar-refractivity contribution in [3.63, 3.8) is 0 Å². The molecular weight excluding hydrogens is 609 g/mol. The minimum atomic E-state index is -2.68. The molecule has 0 spiro atoms. The summed E-state index contributed by atoms with van der Waals surface area (Å²) in [5, 5.41) is 2.53. The summed E-state index contributed by atoms with van der Waals surface area (Å²) < 4.78 is 12.4. The van der Waals surface area contributed by atoms with E-state index in [0.717, 1.165) is 37.2 Å². The highest BCUT2D eigenvalue weighted by Crippen LogP contribution is 2.48. The summed E-state index contributed by atoms with van der Waals surface area (Å²) in [6.45, 7) is 9.27. The van der Waals surface area contributed by atoms with Gasteiger partial charge in [0.2, 0.25) is 0 Å². The normalized spacial score (nSPS) is 16.4. The Morgan fingerprint density at radius 2 is 1.51 bits per heavy atom. The van der Waals surface area contributed by atoms with E-state index in [-0.39, 0.29) is 21.2 Å². The molecule has 3 nitrogen and oxygen atoms in total. The van der Waals surface area contributed by atoms with Gasteiger partial charge in [0, 0.05) is 17.9 Å². The van der Waals surface area contributed by atoms with E-state index in [9.17, 15) is 4.79 Å². The van der Waals surface area contributed by atoms with E-state index >= 15 is 0 Å². The van der Waals surface area contributed by atoms with Crippen LogP contribution in [0.25, 0.3) is 0 Å². The fourth-order valence-electron chi connectivity index (χ4n) is 5.84. The maximum absolute atomic E-state index is 11.6. The number of unbranched alkanes of at least 4 members (excludes halogenated alkanes) is 3. The standard InChI is InChI=1S/C39H54O3S2Si/c1-6-7-8-9-10-15-23-34(24-16-11-12-21-30-39(43-32-33-44-39)31-22-29-37(40)41-5)42-45(38(2,3)4,35-25-17-13-18-26-35)36-27-19-14-20-28-36/h10-21,24-28,30,34H,6-9,22-23,29,31-33H2,1-5H3/b12-11+,15-10-,24-16+,30-21+/t34-/m0/s1. The molecule has 2 aromatic carbocycles. The number of carbonyl (C=O) groups excluding carboxylic acids is 1. The summed E-state index contributed by atoms with van der Waals surface area (Å²) in [5.74, 6) is 2.16. The van der Waals surface area contributed by atoms with Gasteiger partial charge >= 0.3 is 5.97 Å². The van der Waals surface area contributed by atoms with Gasteiger partial charge in [-0.3, -0.25) is 4.79 Å². The highest BCUT2D eigenvalue weighted by atomic mass is 32.2. The van der Waals surface area contributed by atoms with Crippen LogP contribution in [0, 0.1) is 0 Å². The van der Waals surface area contributed by atoms with Gasteiger partial charge in [0.1, 0.15) is 0 Å². The number of benzene rings is 2. The first kappa shape index (κ1) is 37.2. The third-order valence-electron chi connectivity index (χ3n) is 8.17. The maximum Gasteiger partial charge on any atom is 0.305 e. The van der Waals surface area contributed by atoms with Crippen molar-refractivity contribution in [2.75, 3.05) is 18.6 Å². The molecule has 1 heterocycles. The number of rotatable bonds is 18. The SMILES string of the molecule is CCCCC/C=C\C[C@@H](/C=C/C=C/C=C/C1(CCCC(=O)OC)SCCS1)O[Si](c1ccccc1)(c1ccccc1)C(C)(C)C. The molecular formula is C39H54O3S2Si. The van der Waals surface area contributed by atoms with Crippen molar-refractivity contribution in [1.82, 2.24) is 0 Å². The fraction of sp³-hybridized carbons (Fsp3) is 0.462. The molecule has 0 aromatic heterocycles. The summed E-state index contributed by atoms with van der Waals surface area (Å²) in [4.78, 5) is 11.6. The van der Waals surface area contributed by atoms with Crippen molar-refractivity contribution in [3.05, 3.63) is 109 Å². The molecule has 1 aliphatic heterocycles. The first-order valence-corrected chi connectivity index (χ1v) is 20.5. The minimum absolute atomic E-state index is 0.0412. The number of hydrogen-bond donors (Lipinski definition) is 0. The first-order chi connectivity index (χ1) is 21.8. The zero-order valence-corrected chi connectivity index (χ0v) is 30.7. The average Bonchev–Trinajstić information content (AvgIpc) is 3.51. The second-order valence-corrected chi connectivity index (χ2v) is 20.0. The van der Waals surface area contributed by atoms with Crippen LogP contribution in [-0.4, -0.2) is 43.1 Å². The summed E-state index contributed by atoms with van der Waals surface area (Å²) in [7, 11) is -1.22. The van der Waals surface area contributed by atoms with E-state index in [2.05, 4.69) is 137 Å². The highest BCUT2D eigenvalue weighted by Gasteiger charge is 2.51. The summed E-state index contributed by atoms with van der Waals surface area (Å²) in [6, 6.07) is 21.8. The predicted octanol–water partition coefficient (Wildman–Crippen LogP) is 9.65. The van der Waals surface area contributed by atoms with Gasteiger partial charge in [-0.25, -0.2) is 0 Å². The van der Waals surface area contributed by atoms with E-state index in [4.69, 9.17) is 9.16 Å². The molecule has 0 aliphatic carbocycles. The second kappa shape index (κ2) is 19.4. The van der Waals surface area contributed by atoms with Gasteiger partial charge in [-0.2, -0.15) is 0 Å². The van der Waals surface area contributed by atoms with E-state index in [1.807, 2.05) is 23.5 Å². The Labute approximate surface area is 283 Å². The van der Waals surface area contributed by atoms with Crippen LogP contribution in [0.3, 0.4) is 0 Å². The third-order valence-corrected chi connectivity index (χ3v) is 16.7. The summed E-state index contributed by atoms with van der Waals surface area (Å²) >= 11 is 3.97. The molecule has 0 unspecified atom stereocenters. The Morgan fingerprint density at radius 3 is 2.09 bits per heavy atom. The van der Waals surface area contributed by atoms with Crippen LogP contribution < -0.4 is 10.4 Å². The lowest BCUT2D eigenvalue weighted by atomic mass is 10.1. The smallest absolute Gasteiger partial charge is 0.305 e. The van der Waals surface area contributed by atoms with E-state index < -0.39 is 8.32 Å². The number of thioether (sulfide) groups is 2. The van der Waals surface area contributed by atoms with Crippen molar-refractivity contribution in [2.24, 2.45) is 0 Å². The van der Waals surface area contributed by atoms with Gasteiger partial charge in [-0.15, -0.1) is 23.5 Å². The van der Waals surface area contributed by atoms with E-state index in [1.165, 1.54) is 36.7 Å². The average molecular weight is 663 g/mol. The molecule has 0 amide bonds. The van der Waals surface area contributed by atoms with Gasteiger partial charge in [0.25, 0.3) is 8.32 Å². The fourth-order valence-corrected chi connectivity index (χ4v) is 13.6. The number of ether oxygens (including phenoxy) is 1. The molecule has 1 fully saturated rings. The Morgan fingerprint density at radius 1 is 0.889 bits per heavy atom. The van der Waals surface area contributed by atoms with E-state index in [0.29, 0.717) is 6.42 Å². The van der Waals surface area contributed by atoms with Crippen LogP contribution in [0.2, 0.25) is 5.04 Å². The monoisotopic (exact) mass is 662 g/mol. The lowest BCUT2D eigenvalue weighted by Gasteiger charge is -2.44. The van der Waals surface area contributed by atoms with Gasteiger partial charge in [-0.1, -0.05) is 150 Å². The van der Waals surface area contributed by atoms with Crippen molar-refractivity contribution < 1.29 is 14.0 Å². The van der Waals surface area contributed by atoms with Crippen LogP contribution in [0.15, 0.2) is 109 Å². The zero-order chi connectivity index (χ0) is 32.4. The van der Waals surface area contributed by atoms with E-state index in [1.54, 1.807) is 0 Å². The molecule has 1 aliphatic rings. The maximum atomic E-state index is 11.6. The molecule has 244 valence electrons. The molecule has 45 heavy (non-hydrogen) atoms. The topological polar surface area (TPSA) is 35.5 Å². The van der Waals surface area contributed by atoms with Gasteiger partial charge in [0.15, 0.2) is 0 Å². The lowest BCUT2D eigenvalue weighted by molar-refractivity contribution is -0.140. The number of esters is 1. The largest absolute Gasteiger partial charge is 0.469 e. The van der Waals surface area contributed by atoms with Crippen LogP contribution >= 0.6 is 23.5 Å². The Balaban J connectivity index is 1.84. The predicted molar refractivity (Wildman–Crippen MR) is 201 cm³/mol. The molecule has 0 N–H and O–H groups in total. The van der Waals surface area contributed by atoms with Crippen molar-refractivity contribution in [3.8, 4) is 0 Å². The second-order valence-electron chi connectivity index (χ2n) is 12.6. The Kier molecular flexibility index (Phi) is 16.1. The van der Waals surface area contributed by atoms with Crippen LogP contribution in [0.4, 0.5) is 0 Å². The molecule has 1 atom stereocenters. The van der Waals surface area contributed by atoms with Crippen molar-refractivity contribution in [2.45, 2.75) is 94.3 Å². The van der Waals surface area contributed by atoms with Gasteiger partial charge in [0.05, 0.1) is 17.3 Å². The minimum Gasteiger partial charge on any atom is -0.469 e. The molecule has 0 saturated carbocycles. The summed E-state index contributed by atoms with van der Waals surface area (Å²) in [5.41, 5.74) is 0. The summed E-state index contributed by atoms with van der Waals surface area (Å²) in [6.07, 6.45) is 25.7. The Hall–Kier alpha value is -2.25. The molecule has 2 aromatic rings. The number of carbonyl (C=O) groups is 1. The van der Waals surface area contributed by atoms with Crippen molar-refractivity contribution in [1.29, 1.82) is 0 Å². The molecule has 6 heteroatoms. The van der Waals surface area contributed by atoms with Crippen LogP contribution in [0.1, 0.15) is 79.1 Å². The van der Waals surface area contributed by atoms with Gasteiger partial charge in [-0.05, 0) is 47.5 Å². The highest BCUT2D eigenvalue weighted by molar-refractivity contribution is 8.21. The zero-order valence-electron chi connectivity index (χ0n) is 28.1. The van der Waals surface area contributed by atoms with Crippen LogP contribution in [0.5, 0.6) is 0 Å². The Bertz CT molecular complexity index is 1200. The molecule has 1 saturated heterocycles. The quantitative estimate of drug-likeness (QED) is 0.0522. The first-order valence-electron chi connectivity index (χ1n) is 16.6. The number of allylic oxidation sites excluding steroid dienone is 5. The lowest BCUT2D eigenvalue weighted by Crippen LogP contribution is -2.67. The number of methoxy groups -OCH3 is 1. The molecule has 0 bridgehead atoms. The van der Waals surface area contributed by atoms with Crippen LogP contribution in [-0.2, 0) is 14.0 Å². The van der Waals surface area contributed by atoms with Crippen molar-refractivity contribution >= 4 is 48.2 Å². The number of hydrogen-bond acceptors (Lipinski definition) is 5. The van der Waals surface area contributed by atoms with Gasteiger partial charge < -0.3 is 9.16 Å². The molecule has 3 rings (SSSR count).